The van der Waals surface area contributed by atoms with Crippen LogP contribution in [-0.2, 0) is 38.5 Å². The van der Waals surface area contributed by atoms with Crippen molar-refractivity contribution >= 4 is 58.2 Å². The minimum absolute atomic E-state index is 0.00302. The van der Waals surface area contributed by atoms with Crippen LogP contribution in [-0.4, -0.2) is 111 Å². The number of aromatic nitrogens is 4. The van der Waals surface area contributed by atoms with Crippen molar-refractivity contribution in [2.45, 2.75) is 39.2 Å². The number of ether oxygens (including phenoxy) is 5. The molecule has 4 N–H and O–H groups in total. The zero-order valence-electron chi connectivity index (χ0n) is 42.2. The Labute approximate surface area is 442 Å². The van der Waals surface area contributed by atoms with Crippen molar-refractivity contribution in [2.75, 3.05) is 53.0 Å². The highest BCUT2D eigenvalue weighted by Gasteiger charge is 2.34. The number of pyridine rings is 4. The molecular formula is C56H51F2N7O13. The zero-order valence-corrected chi connectivity index (χ0v) is 42.2. The second-order valence-corrected chi connectivity index (χ2v) is 18.0. The molecule has 0 aliphatic carbocycles. The molecule has 7 aromatic rings. The summed E-state index contributed by atoms with van der Waals surface area (Å²) in [7, 11) is 1.47. The predicted octanol–water partition coefficient (Wildman–Crippen LogP) is 5.77. The van der Waals surface area contributed by atoms with Crippen LogP contribution in [0.4, 0.5) is 8.78 Å². The largest absolute Gasteiger partial charge is 0.505 e. The van der Waals surface area contributed by atoms with E-state index >= 15 is 0 Å². The Morgan fingerprint density at radius 3 is 1.85 bits per heavy atom. The van der Waals surface area contributed by atoms with Crippen LogP contribution in [0, 0.1) is 11.6 Å². The normalized spacial score (nSPS) is 13.3. The van der Waals surface area contributed by atoms with Crippen molar-refractivity contribution in [3.05, 3.63) is 174 Å². The number of hydrogen-bond donors (Lipinski definition) is 4. The van der Waals surface area contributed by atoms with Gasteiger partial charge in [0, 0.05) is 63.1 Å². The number of likely N-dealkylation sites (tertiary alicyclic amines) is 1. The van der Waals surface area contributed by atoms with E-state index in [1.54, 1.807) is 31.2 Å². The number of amides is 2. The minimum atomic E-state index is -1.41. The van der Waals surface area contributed by atoms with E-state index in [1.165, 1.54) is 50.0 Å². The molecule has 3 aromatic carbocycles. The number of rotatable bonds is 18. The van der Waals surface area contributed by atoms with Crippen LogP contribution in [0.25, 0.3) is 34.5 Å². The molecule has 0 spiro atoms. The highest BCUT2D eigenvalue weighted by molar-refractivity contribution is 6.05. The van der Waals surface area contributed by atoms with Crippen molar-refractivity contribution in [1.29, 1.82) is 0 Å². The lowest BCUT2D eigenvalue weighted by Gasteiger charge is -2.23. The number of nitrogens with one attached hydrogen (secondary N) is 2. The van der Waals surface area contributed by atoms with Crippen LogP contribution < -0.4 is 36.0 Å². The molecule has 20 nitrogen and oxygen atoms in total. The van der Waals surface area contributed by atoms with Crippen LogP contribution >= 0.6 is 0 Å². The van der Waals surface area contributed by atoms with E-state index in [-0.39, 0.29) is 90.1 Å². The first-order valence-electron chi connectivity index (χ1n) is 24.8. The maximum Gasteiger partial charge on any atom is 0.373 e. The molecule has 0 unspecified atom stereocenters. The van der Waals surface area contributed by atoms with Gasteiger partial charge in [0.15, 0.2) is 28.6 Å². The van der Waals surface area contributed by atoms with Crippen LogP contribution in [0.3, 0.4) is 0 Å². The Balaban J connectivity index is 0.000000190. The van der Waals surface area contributed by atoms with Gasteiger partial charge < -0.3 is 49.4 Å². The fourth-order valence-corrected chi connectivity index (χ4v) is 9.02. The second-order valence-electron chi connectivity index (χ2n) is 18.0. The Morgan fingerprint density at radius 2 is 1.26 bits per heavy atom. The van der Waals surface area contributed by atoms with E-state index in [9.17, 15) is 47.8 Å². The molecule has 0 radical (unpaired) electrons. The number of esters is 1. The van der Waals surface area contributed by atoms with Crippen LogP contribution in [0.1, 0.15) is 68.3 Å². The Hall–Kier alpha value is -9.28. The van der Waals surface area contributed by atoms with E-state index in [1.807, 2.05) is 30.3 Å². The summed E-state index contributed by atoms with van der Waals surface area (Å²) in [6, 6.07) is 20.8. The van der Waals surface area contributed by atoms with Crippen molar-refractivity contribution < 1.29 is 61.9 Å². The molecule has 22 heteroatoms. The Kier molecular flexibility index (Phi) is 16.3. The van der Waals surface area contributed by atoms with E-state index in [0.29, 0.717) is 29.8 Å². The maximum atomic E-state index is 13.6. The van der Waals surface area contributed by atoms with Gasteiger partial charge in [-0.05, 0) is 73.8 Å². The number of aliphatic carboxylic acids is 1. The fourth-order valence-electron chi connectivity index (χ4n) is 9.02. The van der Waals surface area contributed by atoms with Gasteiger partial charge in [0.1, 0.15) is 45.9 Å². The van der Waals surface area contributed by atoms with Crippen molar-refractivity contribution in [3.8, 4) is 23.0 Å². The first kappa shape index (κ1) is 53.5. The molecule has 2 amide bonds. The molecule has 4 aromatic heterocycles. The first-order chi connectivity index (χ1) is 37.7. The quantitative estimate of drug-likeness (QED) is 0.0588. The summed E-state index contributed by atoms with van der Waals surface area (Å²) in [5.41, 5.74) is 0.878. The summed E-state index contributed by atoms with van der Waals surface area (Å²) in [6.45, 7) is 4.99. The molecule has 0 saturated carbocycles. The zero-order chi connectivity index (χ0) is 55.0. The van der Waals surface area contributed by atoms with Gasteiger partial charge >= 0.3 is 11.9 Å². The van der Waals surface area contributed by atoms with Gasteiger partial charge in [-0.2, -0.15) is 0 Å². The molecule has 10 rings (SSSR count). The minimum Gasteiger partial charge on any atom is -0.505 e. The average molecular weight is 1070 g/mol. The molecule has 3 aliphatic heterocycles. The number of halogens is 2. The number of carboxylic acids is 1. The van der Waals surface area contributed by atoms with Crippen LogP contribution in [0.15, 0.2) is 112 Å². The molecule has 1 saturated heterocycles. The molecule has 0 bridgehead atoms. The number of hydrogen-bond acceptors (Lipinski definition) is 15. The smallest absolute Gasteiger partial charge is 0.373 e. The lowest BCUT2D eigenvalue weighted by atomic mass is 10.0. The van der Waals surface area contributed by atoms with Gasteiger partial charge in [-0.15, -0.1) is 0 Å². The molecule has 402 valence electrons. The highest BCUT2D eigenvalue weighted by Crippen LogP contribution is 2.40. The molecule has 0 atom stereocenters. The molecule has 78 heavy (non-hydrogen) atoms. The summed E-state index contributed by atoms with van der Waals surface area (Å²) in [6.07, 6.45) is 7.80. The maximum absolute atomic E-state index is 13.6. The van der Waals surface area contributed by atoms with Crippen molar-refractivity contribution in [3.63, 3.8) is 0 Å². The summed E-state index contributed by atoms with van der Waals surface area (Å²) >= 11 is 0. The fraction of sp³-hybridized carbons (Fsp3) is 0.250. The molecule has 1 fully saturated rings. The van der Waals surface area contributed by atoms with Gasteiger partial charge in [0.2, 0.25) is 11.5 Å². The monoisotopic (exact) mass is 1070 g/mol. The Morgan fingerprint density at radius 1 is 0.705 bits per heavy atom. The second kappa shape index (κ2) is 23.7. The average Bonchev–Trinajstić information content (AvgIpc) is 4.04. The lowest BCUT2D eigenvalue weighted by molar-refractivity contribution is -0.135. The van der Waals surface area contributed by atoms with E-state index in [0.717, 1.165) is 52.4 Å². The summed E-state index contributed by atoms with van der Waals surface area (Å²) in [5, 5.41) is 26.0. The SMILES string of the molecule is CCOC(=O)c1c(OCc2ccccc2)c2ncc(Cc3ccc(F)cc3)c3c2n(c1=O)C=C(C(=O)O)O3.COCCNC(=O)c1c(O)c2ncc(Cc3ccc(F)cc3)c3c2n(c1=O)C=C(C(=O)NCCN1CCCC1)O3. The number of benzene rings is 3. The van der Waals surface area contributed by atoms with Gasteiger partial charge in [0.05, 0.1) is 25.6 Å². The third-order valence-electron chi connectivity index (χ3n) is 12.8. The van der Waals surface area contributed by atoms with Crippen molar-refractivity contribution in [1.82, 2.24) is 34.6 Å². The highest BCUT2D eigenvalue weighted by atomic mass is 19.1. The Bertz CT molecular complexity index is 3650. The molecule has 3 aliphatic rings. The standard InChI is InChI=1S/C28H30FN5O6.C28H21FN2O7/c1-39-13-9-31-27(37)21-24(35)22-23-25(18(15-32-22)14-17-4-6-19(29)7-5-17)40-20(16-34(23)28(21)38)26(36)30-8-12-33-10-2-3-11-33;1-2-36-28(35)21-25(37-15-17-6-4-3-5-7-17)22-23-24(38-20(27(33)34)14-31(23)26(21)32)18(13-30-22)12-16-8-10-19(29)11-9-16/h4-7,15-16,35H,2-3,8-14H2,1H3,(H,30,36)(H,31,37);3-11,13-14H,2,12,15H2,1H3,(H,33,34). The number of methoxy groups -OCH3 is 1. The topological polar surface area (TPSA) is 252 Å². The number of aromatic hydroxyl groups is 1. The number of carbonyl (C=O) groups excluding carboxylic acids is 3. The lowest BCUT2D eigenvalue weighted by Crippen LogP contribution is -2.37. The van der Waals surface area contributed by atoms with Crippen LogP contribution in [0.2, 0.25) is 0 Å². The van der Waals surface area contributed by atoms with Gasteiger partial charge in [-0.25, -0.2) is 18.4 Å². The van der Waals surface area contributed by atoms with Gasteiger partial charge in [0.25, 0.3) is 22.9 Å². The predicted molar refractivity (Wildman–Crippen MR) is 279 cm³/mol. The molecule has 7 heterocycles. The molecular weight excluding hydrogens is 1020 g/mol. The van der Waals surface area contributed by atoms with Gasteiger partial charge in [-0.1, -0.05) is 54.6 Å². The third kappa shape index (κ3) is 11.4. The van der Waals surface area contributed by atoms with Crippen molar-refractivity contribution in [2.24, 2.45) is 0 Å². The third-order valence-corrected chi connectivity index (χ3v) is 12.8. The van der Waals surface area contributed by atoms with Crippen LogP contribution in [0.5, 0.6) is 23.0 Å². The number of carbonyl (C=O) groups is 4. The van der Waals surface area contributed by atoms with E-state index in [4.69, 9.17) is 23.7 Å². The summed E-state index contributed by atoms with van der Waals surface area (Å²) < 4.78 is 56.8. The summed E-state index contributed by atoms with van der Waals surface area (Å²) in [5.74, 6) is -5.65. The van der Waals surface area contributed by atoms with Gasteiger partial charge in [-0.3, -0.25) is 38.3 Å². The summed E-state index contributed by atoms with van der Waals surface area (Å²) in [4.78, 5) is 89.1. The number of carboxylic acid groups (broad SMARTS) is 1. The van der Waals surface area contributed by atoms with E-state index < -0.39 is 63.3 Å². The first-order valence-corrected chi connectivity index (χ1v) is 24.8. The number of nitrogens with zero attached hydrogens (tertiary/aromatic N) is 5. The van der Waals surface area contributed by atoms with E-state index in [2.05, 4.69) is 25.5 Å².